The lowest BCUT2D eigenvalue weighted by Gasteiger charge is -2.16. The molecule has 0 aliphatic heterocycles. The lowest BCUT2D eigenvalue weighted by molar-refractivity contribution is -0.123. The Labute approximate surface area is 113 Å². The van der Waals surface area contributed by atoms with Crippen LogP contribution in [0, 0.1) is 5.82 Å². The van der Waals surface area contributed by atoms with E-state index in [1.807, 2.05) is 0 Å². The average molecular weight is 347 g/mol. The molecule has 0 aliphatic carbocycles. The Morgan fingerprint density at radius 1 is 1.42 bits per heavy atom. The van der Waals surface area contributed by atoms with Crippen molar-refractivity contribution in [1.82, 2.24) is 5.32 Å². The van der Waals surface area contributed by atoms with Crippen molar-refractivity contribution in [2.75, 3.05) is 12.3 Å². The molecule has 1 amide bonds. The van der Waals surface area contributed by atoms with Crippen LogP contribution in [0.2, 0.25) is 0 Å². The summed E-state index contributed by atoms with van der Waals surface area (Å²) in [6, 6.07) is 1.78. The third kappa shape index (κ3) is 3.79. The standard InChI is InChI=1S/C10H8BrF5N2O/c11-5-2-6(12)7(17)1-4(5)8(19)18-3-10(15,16)9(13)14/h1-2,9H,3,17H2,(H,18,19). The third-order valence-corrected chi connectivity index (χ3v) is 2.79. The van der Waals surface area contributed by atoms with Crippen molar-refractivity contribution >= 4 is 27.5 Å². The molecular weight excluding hydrogens is 339 g/mol. The van der Waals surface area contributed by atoms with E-state index in [2.05, 4.69) is 15.9 Å². The van der Waals surface area contributed by atoms with Crippen molar-refractivity contribution in [3.63, 3.8) is 0 Å². The van der Waals surface area contributed by atoms with Gasteiger partial charge in [-0.1, -0.05) is 0 Å². The number of rotatable bonds is 4. The molecular formula is C10H8BrF5N2O. The van der Waals surface area contributed by atoms with E-state index in [9.17, 15) is 26.7 Å². The molecule has 3 nitrogen and oxygen atoms in total. The molecule has 0 aromatic heterocycles. The van der Waals surface area contributed by atoms with Gasteiger partial charge in [0.05, 0.1) is 17.8 Å². The second kappa shape index (κ2) is 5.72. The van der Waals surface area contributed by atoms with Crippen LogP contribution in [-0.4, -0.2) is 24.8 Å². The van der Waals surface area contributed by atoms with Gasteiger partial charge in [-0.05, 0) is 28.1 Å². The lowest BCUT2D eigenvalue weighted by atomic mass is 10.2. The first kappa shape index (κ1) is 15.7. The Morgan fingerprint density at radius 2 is 2.00 bits per heavy atom. The first-order valence-electron chi connectivity index (χ1n) is 4.84. The van der Waals surface area contributed by atoms with E-state index in [0.717, 1.165) is 12.1 Å². The summed E-state index contributed by atoms with van der Waals surface area (Å²) in [5.74, 6) is -6.21. The molecule has 0 saturated heterocycles. The molecule has 0 atom stereocenters. The number of hydrogen-bond donors (Lipinski definition) is 2. The SMILES string of the molecule is Nc1cc(C(=O)NCC(F)(F)C(F)F)c(Br)cc1F. The fourth-order valence-electron chi connectivity index (χ4n) is 1.11. The van der Waals surface area contributed by atoms with Crippen LogP contribution in [-0.2, 0) is 0 Å². The Hall–Kier alpha value is -1.38. The molecule has 1 aromatic rings. The van der Waals surface area contributed by atoms with Crippen molar-refractivity contribution in [2.24, 2.45) is 0 Å². The molecule has 19 heavy (non-hydrogen) atoms. The van der Waals surface area contributed by atoms with Crippen LogP contribution in [0.4, 0.5) is 27.6 Å². The first-order valence-corrected chi connectivity index (χ1v) is 5.63. The van der Waals surface area contributed by atoms with E-state index < -0.39 is 30.6 Å². The Kier molecular flexibility index (Phi) is 4.72. The number of carbonyl (C=O) groups excluding carboxylic acids is 1. The zero-order valence-electron chi connectivity index (χ0n) is 9.19. The number of amides is 1. The fraction of sp³-hybridized carbons (Fsp3) is 0.300. The molecule has 0 heterocycles. The Morgan fingerprint density at radius 3 is 2.53 bits per heavy atom. The molecule has 9 heteroatoms. The van der Waals surface area contributed by atoms with Crippen LogP contribution in [0.5, 0.6) is 0 Å². The number of nitrogen functional groups attached to an aromatic ring is 1. The molecule has 1 aromatic carbocycles. The molecule has 3 N–H and O–H groups in total. The number of benzene rings is 1. The van der Waals surface area contributed by atoms with E-state index >= 15 is 0 Å². The quantitative estimate of drug-likeness (QED) is 0.650. The van der Waals surface area contributed by atoms with E-state index in [0.29, 0.717) is 0 Å². The van der Waals surface area contributed by atoms with Crippen molar-refractivity contribution in [2.45, 2.75) is 12.3 Å². The maximum Gasteiger partial charge on any atom is 0.324 e. The molecule has 0 aliphatic rings. The van der Waals surface area contributed by atoms with Crippen LogP contribution in [0.15, 0.2) is 16.6 Å². The fourth-order valence-corrected chi connectivity index (χ4v) is 1.61. The van der Waals surface area contributed by atoms with Gasteiger partial charge in [-0.25, -0.2) is 13.2 Å². The first-order chi connectivity index (χ1) is 8.65. The second-order valence-corrected chi connectivity index (χ2v) is 4.45. The molecule has 0 radical (unpaired) electrons. The van der Waals surface area contributed by atoms with Gasteiger partial charge in [0, 0.05) is 4.47 Å². The molecule has 0 saturated carbocycles. The van der Waals surface area contributed by atoms with E-state index in [1.54, 1.807) is 5.32 Å². The van der Waals surface area contributed by atoms with Gasteiger partial charge in [-0.3, -0.25) is 4.79 Å². The highest BCUT2D eigenvalue weighted by Crippen LogP contribution is 2.24. The smallest absolute Gasteiger partial charge is 0.324 e. The third-order valence-electron chi connectivity index (χ3n) is 2.13. The minimum Gasteiger partial charge on any atom is -0.396 e. The highest BCUT2D eigenvalue weighted by atomic mass is 79.9. The molecule has 1 rings (SSSR count). The zero-order valence-corrected chi connectivity index (χ0v) is 10.8. The Balaban J connectivity index is 2.83. The lowest BCUT2D eigenvalue weighted by Crippen LogP contribution is -2.41. The normalized spacial score (nSPS) is 11.7. The summed E-state index contributed by atoms with van der Waals surface area (Å²) in [6.07, 6.45) is -3.89. The number of nitrogens with one attached hydrogen (secondary N) is 1. The van der Waals surface area contributed by atoms with Gasteiger partial charge in [0.1, 0.15) is 5.82 Å². The van der Waals surface area contributed by atoms with Crippen LogP contribution >= 0.6 is 15.9 Å². The largest absolute Gasteiger partial charge is 0.396 e. The maximum absolute atomic E-state index is 13.0. The summed E-state index contributed by atoms with van der Waals surface area (Å²) >= 11 is 2.84. The van der Waals surface area contributed by atoms with Crippen molar-refractivity contribution < 1.29 is 26.7 Å². The summed E-state index contributed by atoms with van der Waals surface area (Å²) in [5, 5.41) is 1.63. The van der Waals surface area contributed by atoms with E-state index in [-0.39, 0.29) is 15.7 Å². The minimum absolute atomic E-state index is 0.0305. The maximum atomic E-state index is 13.0. The van der Waals surface area contributed by atoms with Gasteiger partial charge in [-0.2, -0.15) is 8.78 Å². The summed E-state index contributed by atoms with van der Waals surface area (Å²) in [4.78, 5) is 11.5. The number of anilines is 1. The average Bonchev–Trinajstić information content (AvgIpc) is 2.30. The topological polar surface area (TPSA) is 55.1 Å². The summed E-state index contributed by atoms with van der Waals surface area (Å²) in [6.45, 7) is -1.53. The van der Waals surface area contributed by atoms with Crippen molar-refractivity contribution in [3.8, 4) is 0 Å². The predicted octanol–water partition coefficient (Wildman–Crippen LogP) is 2.80. The summed E-state index contributed by atoms with van der Waals surface area (Å²) in [7, 11) is 0. The Bertz CT molecular complexity index is 495. The summed E-state index contributed by atoms with van der Waals surface area (Å²) in [5.41, 5.74) is 4.61. The van der Waals surface area contributed by atoms with Crippen LogP contribution < -0.4 is 11.1 Å². The van der Waals surface area contributed by atoms with E-state index in [4.69, 9.17) is 5.73 Å². The number of nitrogens with two attached hydrogens (primary N) is 1. The van der Waals surface area contributed by atoms with Crippen LogP contribution in [0.3, 0.4) is 0 Å². The highest BCUT2D eigenvalue weighted by molar-refractivity contribution is 9.10. The van der Waals surface area contributed by atoms with Gasteiger partial charge in [0.15, 0.2) is 0 Å². The molecule has 106 valence electrons. The molecule has 0 spiro atoms. The van der Waals surface area contributed by atoms with Crippen molar-refractivity contribution in [1.29, 1.82) is 0 Å². The number of hydrogen-bond acceptors (Lipinski definition) is 2. The molecule has 0 unspecified atom stereocenters. The number of carbonyl (C=O) groups is 1. The van der Waals surface area contributed by atoms with Gasteiger partial charge in [0.25, 0.3) is 5.91 Å². The van der Waals surface area contributed by atoms with E-state index in [1.165, 1.54) is 0 Å². The summed E-state index contributed by atoms with van der Waals surface area (Å²) < 4.78 is 61.9. The van der Waals surface area contributed by atoms with Crippen LogP contribution in [0.25, 0.3) is 0 Å². The minimum atomic E-state index is -4.34. The zero-order chi connectivity index (χ0) is 14.8. The number of halogens is 6. The molecule has 0 bridgehead atoms. The van der Waals surface area contributed by atoms with Gasteiger partial charge in [-0.15, -0.1) is 0 Å². The monoisotopic (exact) mass is 346 g/mol. The highest BCUT2D eigenvalue weighted by Gasteiger charge is 2.40. The van der Waals surface area contributed by atoms with Gasteiger partial charge < -0.3 is 11.1 Å². The van der Waals surface area contributed by atoms with Crippen molar-refractivity contribution in [3.05, 3.63) is 28.0 Å². The predicted molar refractivity (Wildman–Crippen MR) is 61.8 cm³/mol. The number of alkyl halides is 4. The molecule has 0 fully saturated rings. The second-order valence-electron chi connectivity index (χ2n) is 3.60. The van der Waals surface area contributed by atoms with Crippen LogP contribution in [0.1, 0.15) is 10.4 Å². The van der Waals surface area contributed by atoms with Gasteiger partial charge >= 0.3 is 12.3 Å². The van der Waals surface area contributed by atoms with Gasteiger partial charge in [0.2, 0.25) is 0 Å².